The molecule has 18 heavy (non-hydrogen) atoms. The smallest absolute Gasteiger partial charge is 0.244 e. The largest absolute Gasteiger partial charge is 0.465 e. The maximum absolute atomic E-state index is 13.3. The first-order chi connectivity index (χ1) is 8.75. The molecule has 0 aliphatic rings. The van der Waals surface area contributed by atoms with E-state index in [1.165, 1.54) is 18.4 Å². The Morgan fingerprint density at radius 1 is 1.28 bits per heavy atom. The first kappa shape index (κ1) is 12.1. The molecule has 0 atom stereocenters. The number of carbonyl (C=O) groups excluding carboxylic acids is 1. The van der Waals surface area contributed by atoms with E-state index >= 15 is 0 Å². The van der Waals surface area contributed by atoms with E-state index in [0.717, 1.165) is 0 Å². The minimum absolute atomic E-state index is 0.161. The third kappa shape index (κ3) is 3.31. The van der Waals surface area contributed by atoms with E-state index in [1.54, 1.807) is 36.4 Å². The molecule has 0 bridgehead atoms. The summed E-state index contributed by atoms with van der Waals surface area (Å²) in [6, 6.07) is 9.80. The molecule has 0 saturated carbocycles. The van der Waals surface area contributed by atoms with Crippen molar-refractivity contribution in [2.45, 2.75) is 6.54 Å². The summed E-state index contributed by atoms with van der Waals surface area (Å²) >= 11 is 0. The van der Waals surface area contributed by atoms with Gasteiger partial charge < -0.3 is 9.73 Å². The van der Waals surface area contributed by atoms with Crippen LogP contribution in [0.15, 0.2) is 53.2 Å². The highest BCUT2D eigenvalue weighted by Gasteiger charge is 2.01. The summed E-state index contributed by atoms with van der Waals surface area (Å²) in [5, 5.41) is 2.59. The van der Waals surface area contributed by atoms with Crippen molar-refractivity contribution >= 4 is 12.0 Å². The van der Waals surface area contributed by atoms with Gasteiger partial charge in [-0.15, -0.1) is 0 Å². The summed E-state index contributed by atoms with van der Waals surface area (Å²) in [6.07, 6.45) is 4.42. The van der Waals surface area contributed by atoms with Crippen molar-refractivity contribution in [2.24, 2.45) is 0 Å². The molecule has 3 nitrogen and oxygen atoms in total. The monoisotopic (exact) mass is 245 g/mol. The van der Waals surface area contributed by atoms with Crippen molar-refractivity contribution in [1.29, 1.82) is 0 Å². The molecule has 1 amide bonds. The molecule has 4 heteroatoms. The van der Waals surface area contributed by atoms with Gasteiger partial charge >= 0.3 is 0 Å². The van der Waals surface area contributed by atoms with Gasteiger partial charge in [0, 0.05) is 18.2 Å². The molecule has 2 rings (SSSR count). The van der Waals surface area contributed by atoms with Crippen molar-refractivity contribution < 1.29 is 13.6 Å². The zero-order valence-electron chi connectivity index (χ0n) is 9.60. The van der Waals surface area contributed by atoms with Crippen LogP contribution in [0.4, 0.5) is 4.39 Å². The fourth-order valence-corrected chi connectivity index (χ4v) is 1.43. The minimum atomic E-state index is -0.326. The summed E-state index contributed by atoms with van der Waals surface area (Å²) in [5.41, 5.74) is 0.456. The van der Waals surface area contributed by atoms with E-state index in [-0.39, 0.29) is 18.3 Å². The second kappa shape index (κ2) is 5.82. The number of furan rings is 1. The van der Waals surface area contributed by atoms with Crippen LogP contribution in [0.5, 0.6) is 0 Å². The zero-order valence-corrected chi connectivity index (χ0v) is 9.60. The predicted molar refractivity (Wildman–Crippen MR) is 66.0 cm³/mol. The highest BCUT2D eigenvalue weighted by molar-refractivity contribution is 5.91. The number of nitrogens with one attached hydrogen (secondary N) is 1. The summed E-state index contributed by atoms with van der Waals surface area (Å²) in [5.74, 6) is -0.0292. The minimum Gasteiger partial charge on any atom is -0.465 e. The molecule has 0 aliphatic heterocycles. The predicted octanol–water partition coefficient (Wildman–Crippen LogP) is 2.75. The van der Waals surface area contributed by atoms with E-state index in [2.05, 4.69) is 5.32 Å². The Bertz CT molecular complexity index is 547. The Morgan fingerprint density at radius 3 is 2.83 bits per heavy atom. The lowest BCUT2D eigenvalue weighted by Crippen LogP contribution is -2.20. The Balaban J connectivity index is 1.87. The number of rotatable bonds is 4. The maximum atomic E-state index is 13.3. The van der Waals surface area contributed by atoms with E-state index in [4.69, 9.17) is 4.42 Å². The molecule has 0 radical (unpaired) electrons. The standard InChI is InChI=1S/C14H12FNO2/c15-13-6-2-1-4-11(13)10-16-14(17)8-7-12-5-3-9-18-12/h1-9H,10H2,(H,16,17). The van der Waals surface area contributed by atoms with Crippen LogP contribution in [0, 0.1) is 5.82 Å². The topological polar surface area (TPSA) is 42.2 Å². The van der Waals surface area contributed by atoms with Gasteiger partial charge in [0.15, 0.2) is 0 Å². The second-order valence-corrected chi connectivity index (χ2v) is 3.66. The number of benzene rings is 1. The molecule has 92 valence electrons. The van der Waals surface area contributed by atoms with Crippen LogP contribution in [0.25, 0.3) is 6.08 Å². The number of hydrogen-bond donors (Lipinski definition) is 1. The maximum Gasteiger partial charge on any atom is 0.244 e. The third-order valence-corrected chi connectivity index (χ3v) is 2.35. The SMILES string of the molecule is O=C(C=Cc1ccco1)NCc1ccccc1F. The molecule has 2 aromatic rings. The number of amides is 1. The average Bonchev–Trinajstić information content (AvgIpc) is 2.88. The fourth-order valence-electron chi connectivity index (χ4n) is 1.43. The van der Waals surface area contributed by atoms with Gasteiger partial charge in [-0.05, 0) is 24.3 Å². The lowest BCUT2D eigenvalue weighted by molar-refractivity contribution is -0.116. The van der Waals surface area contributed by atoms with Crippen molar-refractivity contribution in [3.05, 3.63) is 65.9 Å². The average molecular weight is 245 g/mol. The number of hydrogen-bond acceptors (Lipinski definition) is 2. The van der Waals surface area contributed by atoms with E-state index in [0.29, 0.717) is 11.3 Å². The summed E-state index contributed by atoms with van der Waals surface area (Å²) < 4.78 is 18.3. The van der Waals surface area contributed by atoms with Gasteiger partial charge in [-0.25, -0.2) is 4.39 Å². The van der Waals surface area contributed by atoms with Crippen molar-refractivity contribution in [2.75, 3.05) is 0 Å². The molecule has 1 aromatic heterocycles. The van der Waals surface area contributed by atoms with Crippen LogP contribution in [0.1, 0.15) is 11.3 Å². The first-order valence-electron chi connectivity index (χ1n) is 5.48. The zero-order chi connectivity index (χ0) is 12.8. The summed E-state index contributed by atoms with van der Waals surface area (Å²) in [6.45, 7) is 0.161. The van der Waals surface area contributed by atoms with Gasteiger partial charge in [0.05, 0.1) is 6.26 Å². The molecule has 0 fully saturated rings. The van der Waals surface area contributed by atoms with Gasteiger partial charge in [-0.3, -0.25) is 4.79 Å². The Labute approximate surface area is 104 Å². The first-order valence-corrected chi connectivity index (χ1v) is 5.48. The number of halogens is 1. The molecule has 0 spiro atoms. The van der Waals surface area contributed by atoms with Crippen molar-refractivity contribution in [3.63, 3.8) is 0 Å². The third-order valence-electron chi connectivity index (χ3n) is 2.35. The van der Waals surface area contributed by atoms with Crippen LogP contribution in [-0.4, -0.2) is 5.91 Å². The lowest BCUT2D eigenvalue weighted by atomic mass is 10.2. The highest BCUT2D eigenvalue weighted by atomic mass is 19.1. The molecule has 0 saturated heterocycles. The summed E-state index contributed by atoms with van der Waals surface area (Å²) in [4.78, 5) is 11.5. The molecule has 1 aromatic carbocycles. The molecule has 1 heterocycles. The Kier molecular flexibility index (Phi) is 3.91. The summed E-state index contributed by atoms with van der Waals surface area (Å²) in [7, 11) is 0. The van der Waals surface area contributed by atoms with Crippen LogP contribution in [-0.2, 0) is 11.3 Å². The lowest BCUT2D eigenvalue weighted by Gasteiger charge is -2.03. The Hall–Kier alpha value is -2.36. The molecular weight excluding hydrogens is 233 g/mol. The van der Waals surface area contributed by atoms with Gasteiger partial charge in [0.2, 0.25) is 5.91 Å². The molecule has 0 unspecified atom stereocenters. The van der Waals surface area contributed by atoms with Crippen molar-refractivity contribution in [3.8, 4) is 0 Å². The van der Waals surface area contributed by atoms with E-state index < -0.39 is 0 Å². The molecule has 1 N–H and O–H groups in total. The normalized spacial score (nSPS) is 10.7. The van der Waals surface area contributed by atoms with Gasteiger partial charge in [-0.1, -0.05) is 18.2 Å². The molecular formula is C14H12FNO2. The fraction of sp³-hybridized carbons (Fsp3) is 0.0714. The van der Waals surface area contributed by atoms with Crippen LogP contribution < -0.4 is 5.32 Å². The van der Waals surface area contributed by atoms with Crippen molar-refractivity contribution in [1.82, 2.24) is 5.32 Å². The van der Waals surface area contributed by atoms with E-state index in [1.807, 2.05) is 0 Å². The second-order valence-electron chi connectivity index (χ2n) is 3.66. The van der Waals surface area contributed by atoms with Gasteiger partial charge in [-0.2, -0.15) is 0 Å². The van der Waals surface area contributed by atoms with Gasteiger partial charge in [0.25, 0.3) is 0 Å². The quantitative estimate of drug-likeness (QED) is 0.841. The van der Waals surface area contributed by atoms with Gasteiger partial charge in [0.1, 0.15) is 11.6 Å². The van der Waals surface area contributed by atoms with Crippen LogP contribution in [0.2, 0.25) is 0 Å². The number of carbonyl (C=O) groups is 1. The van der Waals surface area contributed by atoms with E-state index in [9.17, 15) is 9.18 Å². The highest BCUT2D eigenvalue weighted by Crippen LogP contribution is 2.05. The van der Waals surface area contributed by atoms with Crippen LogP contribution >= 0.6 is 0 Å². The van der Waals surface area contributed by atoms with Crippen LogP contribution in [0.3, 0.4) is 0 Å². The Morgan fingerprint density at radius 2 is 2.11 bits per heavy atom. The molecule has 0 aliphatic carbocycles.